The van der Waals surface area contributed by atoms with Gasteiger partial charge in [-0.05, 0) is 30.5 Å². The second kappa shape index (κ2) is 8.88. The van der Waals surface area contributed by atoms with E-state index < -0.39 is 27.8 Å². The Morgan fingerprint density at radius 1 is 1.26 bits per heavy atom. The third-order valence-corrected chi connectivity index (χ3v) is 5.33. The summed E-state index contributed by atoms with van der Waals surface area (Å²) < 4.78 is 22.9. The average molecular weight is 362 g/mol. The number of nitrogens with one attached hydrogen (secondary N) is 1. The van der Waals surface area contributed by atoms with E-state index in [-0.39, 0.29) is 24.3 Å². The third-order valence-electron chi connectivity index (χ3n) is 3.34. The van der Waals surface area contributed by atoms with Gasteiger partial charge in [0, 0.05) is 17.2 Å². The Kier molecular flexibility index (Phi) is 7.51. The number of hydrogen-bond acceptors (Lipinski definition) is 4. The molecule has 0 spiro atoms. The smallest absolute Gasteiger partial charge is 0.326 e. The first-order valence-corrected chi connectivity index (χ1v) is 9.40. The van der Waals surface area contributed by atoms with Crippen molar-refractivity contribution in [1.29, 1.82) is 0 Å². The highest BCUT2D eigenvalue weighted by Crippen LogP contribution is 2.11. The minimum atomic E-state index is -3.27. The number of carboxylic acid groups (broad SMARTS) is 1. The lowest BCUT2D eigenvalue weighted by Gasteiger charge is -2.14. The van der Waals surface area contributed by atoms with Crippen LogP contribution in [-0.4, -0.2) is 42.9 Å². The zero-order chi connectivity index (χ0) is 17.5. The number of hydrogen-bond donors (Lipinski definition) is 2. The predicted octanol–water partition coefficient (Wildman–Crippen LogP) is 1.67. The van der Waals surface area contributed by atoms with E-state index in [4.69, 9.17) is 16.7 Å². The van der Waals surface area contributed by atoms with E-state index in [1.807, 2.05) is 0 Å². The molecule has 8 heteroatoms. The monoisotopic (exact) mass is 361 g/mol. The Labute approximate surface area is 140 Å². The summed E-state index contributed by atoms with van der Waals surface area (Å²) >= 11 is 5.77. The number of sulfone groups is 1. The lowest BCUT2D eigenvalue weighted by atomic mass is 10.1. The Bertz CT molecular complexity index is 642. The van der Waals surface area contributed by atoms with Crippen LogP contribution in [0.3, 0.4) is 0 Å². The molecule has 0 saturated heterocycles. The second-order valence-corrected chi connectivity index (χ2v) is 8.02. The Morgan fingerprint density at radius 3 is 2.39 bits per heavy atom. The van der Waals surface area contributed by atoms with Crippen molar-refractivity contribution in [2.24, 2.45) is 0 Å². The first kappa shape index (κ1) is 19.4. The summed E-state index contributed by atoms with van der Waals surface area (Å²) in [5, 5.41) is 12.0. The largest absolute Gasteiger partial charge is 0.480 e. The van der Waals surface area contributed by atoms with Crippen molar-refractivity contribution in [2.75, 3.05) is 11.5 Å². The molecule has 0 aliphatic heterocycles. The molecule has 0 aliphatic carbocycles. The molecular formula is C15H20ClNO5S. The van der Waals surface area contributed by atoms with Crippen LogP contribution in [0.15, 0.2) is 24.3 Å². The molecule has 0 bridgehead atoms. The molecule has 1 rings (SSSR count). The number of benzene rings is 1. The van der Waals surface area contributed by atoms with Crippen molar-refractivity contribution in [3.05, 3.63) is 34.9 Å². The van der Waals surface area contributed by atoms with Crippen LogP contribution in [0.2, 0.25) is 5.02 Å². The standard InChI is InChI=1S/C15H20ClNO5S/c1-2-23(21,22)10-9-13(15(19)20)17-14(18)8-5-11-3-6-12(16)7-4-11/h3-4,6-7,13H,2,5,8-10H2,1H3,(H,17,18)(H,19,20). The summed E-state index contributed by atoms with van der Waals surface area (Å²) in [6.45, 7) is 1.50. The van der Waals surface area contributed by atoms with E-state index in [1.54, 1.807) is 24.3 Å². The zero-order valence-corrected chi connectivity index (χ0v) is 14.4. The van der Waals surface area contributed by atoms with Crippen LogP contribution in [0.25, 0.3) is 0 Å². The Morgan fingerprint density at radius 2 is 1.87 bits per heavy atom. The van der Waals surface area contributed by atoms with Gasteiger partial charge in [-0.2, -0.15) is 0 Å². The topological polar surface area (TPSA) is 101 Å². The van der Waals surface area contributed by atoms with Crippen LogP contribution in [-0.2, 0) is 25.8 Å². The highest BCUT2D eigenvalue weighted by molar-refractivity contribution is 7.91. The van der Waals surface area contributed by atoms with E-state index >= 15 is 0 Å². The highest BCUT2D eigenvalue weighted by atomic mass is 35.5. The molecule has 2 N–H and O–H groups in total. The van der Waals surface area contributed by atoms with Crippen LogP contribution in [0.5, 0.6) is 0 Å². The van der Waals surface area contributed by atoms with Gasteiger partial charge in [-0.15, -0.1) is 0 Å². The number of halogens is 1. The molecule has 128 valence electrons. The highest BCUT2D eigenvalue weighted by Gasteiger charge is 2.22. The van der Waals surface area contributed by atoms with Crippen LogP contribution in [0, 0.1) is 0 Å². The first-order valence-electron chi connectivity index (χ1n) is 7.20. The molecule has 1 atom stereocenters. The van der Waals surface area contributed by atoms with Crippen LogP contribution in [0.1, 0.15) is 25.3 Å². The summed E-state index contributed by atoms with van der Waals surface area (Å²) in [4.78, 5) is 23.0. The van der Waals surface area contributed by atoms with Crippen LogP contribution < -0.4 is 5.32 Å². The van der Waals surface area contributed by atoms with Gasteiger partial charge in [-0.1, -0.05) is 30.7 Å². The van der Waals surface area contributed by atoms with Gasteiger partial charge in [0.2, 0.25) is 5.91 Å². The van der Waals surface area contributed by atoms with Crippen LogP contribution >= 0.6 is 11.6 Å². The average Bonchev–Trinajstić information content (AvgIpc) is 2.50. The minimum Gasteiger partial charge on any atom is -0.480 e. The molecule has 0 fully saturated rings. The minimum absolute atomic E-state index is 0.0517. The molecule has 0 aliphatic rings. The van der Waals surface area contributed by atoms with Crippen LogP contribution in [0.4, 0.5) is 0 Å². The van der Waals surface area contributed by atoms with Gasteiger partial charge < -0.3 is 10.4 Å². The van der Waals surface area contributed by atoms with E-state index in [0.29, 0.717) is 11.4 Å². The summed E-state index contributed by atoms with van der Waals surface area (Å²) in [7, 11) is -3.27. The van der Waals surface area contributed by atoms with Crippen molar-refractivity contribution >= 4 is 33.3 Å². The zero-order valence-electron chi connectivity index (χ0n) is 12.8. The van der Waals surface area contributed by atoms with Gasteiger partial charge in [0.15, 0.2) is 0 Å². The maximum Gasteiger partial charge on any atom is 0.326 e. The first-order chi connectivity index (χ1) is 10.7. The molecule has 0 radical (unpaired) electrons. The summed E-state index contributed by atoms with van der Waals surface area (Å²) in [6, 6.07) is 5.81. The maximum absolute atomic E-state index is 11.8. The fraction of sp³-hybridized carbons (Fsp3) is 0.467. The molecule has 1 aromatic carbocycles. The van der Waals surface area contributed by atoms with E-state index in [1.165, 1.54) is 6.92 Å². The normalized spacial score (nSPS) is 12.6. The van der Waals surface area contributed by atoms with Crippen molar-refractivity contribution < 1.29 is 23.1 Å². The number of carbonyl (C=O) groups excluding carboxylic acids is 1. The molecule has 6 nitrogen and oxygen atoms in total. The molecule has 0 aromatic heterocycles. The lowest BCUT2D eigenvalue weighted by Crippen LogP contribution is -2.42. The van der Waals surface area contributed by atoms with E-state index in [9.17, 15) is 18.0 Å². The van der Waals surface area contributed by atoms with Crippen molar-refractivity contribution in [3.63, 3.8) is 0 Å². The number of aliphatic carboxylic acids is 1. The molecule has 1 aromatic rings. The van der Waals surface area contributed by atoms with Gasteiger partial charge in [0.1, 0.15) is 15.9 Å². The Balaban J connectivity index is 2.50. The van der Waals surface area contributed by atoms with Crippen molar-refractivity contribution in [3.8, 4) is 0 Å². The third kappa shape index (κ3) is 7.47. The summed E-state index contributed by atoms with van der Waals surface area (Å²) in [5.74, 6) is -1.99. The SMILES string of the molecule is CCS(=O)(=O)CCC(NC(=O)CCc1ccc(Cl)cc1)C(=O)O. The van der Waals surface area contributed by atoms with E-state index in [2.05, 4.69) is 5.32 Å². The van der Waals surface area contributed by atoms with Gasteiger partial charge in [0.25, 0.3) is 0 Å². The molecule has 1 amide bonds. The Hall–Kier alpha value is -1.60. The van der Waals surface area contributed by atoms with Gasteiger partial charge in [-0.3, -0.25) is 4.79 Å². The fourth-order valence-corrected chi connectivity index (χ4v) is 2.88. The molecular weight excluding hydrogens is 342 g/mol. The summed E-state index contributed by atoms with van der Waals surface area (Å²) in [6.07, 6.45) is 0.423. The molecule has 0 saturated carbocycles. The number of rotatable bonds is 9. The van der Waals surface area contributed by atoms with Gasteiger partial charge in [-0.25, -0.2) is 13.2 Å². The van der Waals surface area contributed by atoms with Gasteiger partial charge in [0.05, 0.1) is 5.75 Å². The number of aryl methyl sites for hydroxylation is 1. The quantitative estimate of drug-likeness (QED) is 0.696. The maximum atomic E-state index is 11.8. The molecule has 1 unspecified atom stereocenters. The van der Waals surface area contributed by atoms with Crippen molar-refractivity contribution in [2.45, 2.75) is 32.2 Å². The summed E-state index contributed by atoms with van der Waals surface area (Å²) in [5.41, 5.74) is 0.907. The van der Waals surface area contributed by atoms with E-state index in [0.717, 1.165) is 5.56 Å². The number of carboxylic acids is 1. The van der Waals surface area contributed by atoms with Crippen molar-refractivity contribution in [1.82, 2.24) is 5.32 Å². The number of carbonyl (C=O) groups is 2. The lowest BCUT2D eigenvalue weighted by molar-refractivity contribution is -0.141. The predicted molar refractivity (Wildman–Crippen MR) is 88.3 cm³/mol. The number of amides is 1. The fourth-order valence-electron chi connectivity index (χ4n) is 1.87. The van der Waals surface area contributed by atoms with Gasteiger partial charge >= 0.3 is 5.97 Å². The molecule has 0 heterocycles. The second-order valence-electron chi connectivity index (χ2n) is 5.11. The molecule has 23 heavy (non-hydrogen) atoms.